The SMILES string of the molecule is CC(C)(C)c1cc(-c2ncc3c4cccc5nc(CC(C)(C)C(F)(F)F)cc(c6cccc2c63)c54)[c-]c2ccccc12.CCC(CC)C(=O)/C=C(\O)C(CC)CC.[Ir]. The minimum Gasteiger partial charge on any atom is -0.512 e. The number of aliphatic hydroxyl groups is 1. The minimum absolute atomic E-state index is 0. The van der Waals surface area contributed by atoms with Crippen molar-refractivity contribution in [3.63, 3.8) is 0 Å². The van der Waals surface area contributed by atoms with Gasteiger partial charge in [0.05, 0.1) is 16.7 Å². The fourth-order valence-corrected chi connectivity index (χ4v) is 8.13. The summed E-state index contributed by atoms with van der Waals surface area (Å²) < 4.78 is 41.5. The first-order chi connectivity index (χ1) is 26.9. The Morgan fingerprint density at radius 2 is 1.33 bits per heavy atom. The largest absolute Gasteiger partial charge is 0.512 e. The summed E-state index contributed by atoms with van der Waals surface area (Å²) in [5.41, 5.74) is 2.14. The Bertz CT molecular complexity index is 2600. The number of aliphatic hydroxyl groups excluding tert-OH is 1. The van der Waals surface area contributed by atoms with Gasteiger partial charge in [-0.2, -0.15) is 13.2 Å². The molecule has 4 nitrogen and oxygen atoms in total. The van der Waals surface area contributed by atoms with Crippen molar-refractivity contribution >= 4 is 59.8 Å². The van der Waals surface area contributed by atoms with E-state index in [4.69, 9.17) is 9.97 Å². The molecule has 8 heteroatoms. The average Bonchev–Trinajstić information content (AvgIpc) is 3.16. The third-order valence-electron chi connectivity index (χ3n) is 11.7. The summed E-state index contributed by atoms with van der Waals surface area (Å²) >= 11 is 0. The molecule has 7 rings (SSSR count). The summed E-state index contributed by atoms with van der Waals surface area (Å²) in [5.74, 6) is 0.547. The predicted molar refractivity (Wildman–Crippen MR) is 231 cm³/mol. The number of pyridine rings is 2. The van der Waals surface area contributed by atoms with Gasteiger partial charge in [0, 0.05) is 72.8 Å². The number of nitrogens with zero attached hydrogens (tertiary/aromatic N) is 2. The average molecular weight is 964 g/mol. The molecule has 0 fully saturated rings. The van der Waals surface area contributed by atoms with Gasteiger partial charge in [-0.1, -0.05) is 122 Å². The zero-order chi connectivity index (χ0) is 41.4. The number of fused-ring (bicyclic) bond motifs is 3. The molecule has 0 unspecified atom stereocenters. The first kappa shape index (κ1) is 44.7. The standard InChI is InChI=1S/C37H30F3N2.C13H24O2.Ir/c1-35(2,3)30-17-22(16-21-10-6-7-11-24(21)30)34-27-14-8-12-25-28-18-23(19-36(4,5)37(38,39)40)42-31-15-9-13-26(33(28)31)29(20-41-34)32(25)27;1-5-10(6-2)12(14)9-13(15)11(7-3)8-4;/h6-15,17-18,20H,19H2,1-5H3;9-11,14H,5-8H2,1-4H3;/q-1;;/b;12-9-;. The Labute approximate surface area is 354 Å². The Hall–Kier alpha value is -4.39. The van der Waals surface area contributed by atoms with Crippen molar-refractivity contribution in [3.8, 4) is 11.3 Å². The summed E-state index contributed by atoms with van der Waals surface area (Å²) in [6, 6.07) is 28.0. The molecule has 0 bridgehead atoms. The molecular formula is C50H54F3IrN2O2-. The van der Waals surface area contributed by atoms with E-state index in [1.54, 1.807) is 0 Å². The monoisotopic (exact) mass is 964 g/mol. The Morgan fingerprint density at radius 3 is 1.95 bits per heavy atom. The van der Waals surface area contributed by atoms with Crippen LogP contribution in [0.3, 0.4) is 0 Å². The molecule has 0 spiro atoms. The zero-order valence-electron chi connectivity index (χ0n) is 35.0. The maximum Gasteiger partial charge on any atom is 0.394 e. The van der Waals surface area contributed by atoms with Gasteiger partial charge in [-0.3, -0.25) is 14.8 Å². The van der Waals surface area contributed by atoms with E-state index in [9.17, 15) is 23.1 Å². The van der Waals surface area contributed by atoms with Crippen LogP contribution in [0.2, 0.25) is 0 Å². The van der Waals surface area contributed by atoms with Crippen LogP contribution in [0, 0.1) is 23.3 Å². The molecule has 1 radical (unpaired) electrons. The number of hydrogen-bond donors (Lipinski definition) is 1. The van der Waals surface area contributed by atoms with Crippen LogP contribution in [0.25, 0.3) is 65.3 Å². The first-order valence-electron chi connectivity index (χ1n) is 20.3. The zero-order valence-corrected chi connectivity index (χ0v) is 37.4. The molecule has 0 atom stereocenters. The van der Waals surface area contributed by atoms with Crippen LogP contribution < -0.4 is 0 Å². The van der Waals surface area contributed by atoms with E-state index < -0.39 is 11.6 Å². The third kappa shape index (κ3) is 8.65. The van der Waals surface area contributed by atoms with E-state index in [-0.39, 0.29) is 55.3 Å². The first-order valence-corrected chi connectivity index (χ1v) is 20.3. The van der Waals surface area contributed by atoms with E-state index >= 15 is 0 Å². The number of allylic oxidation sites excluding steroid dienone is 2. The summed E-state index contributed by atoms with van der Waals surface area (Å²) in [6.07, 6.45) is 2.30. The van der Waals surface area contributed by atoms with Crippen LogP contribution in [0.5, 0.6) is 0 Å². The number of carbonyl (C=O) groups is 1. The molecule has 58 heavy (non-hydrogen) atoms. The number of rotatable bonds is 10. The normalized spacial score (nSPS) is 12.9. The van der Waals surface area contributed by atoms with E-state index in [1.807, 2.05) is 64.2 Å². The third-order valence-corrected chi connectivity index (χ3v) is 11.7. The van der Waals surface area contributed by atoms with E-state index in [2.05, 4.69) is 69.3 Å². The number of carbonyl (C=O) groups excluding carboxylic acids is 1. The molecule has 0 aliphatic carbocycles. The maximum atomic E-state index is 13.8. The molecule has 0 aliphatic heterocycles. The van der Waals surface area contributed by atoms with Gasteiger partial charge in [0.25, 0.3) is 0 Å². The van der Waals surface area contributed by atoms with Gasteiger partial charge in [0.2, 0.25) is 0 Å². The van der Waals surface area contributed by atoms with Crippen molar-refractivity contribution in [1.29, 1.82) is 0 Å². The van der Waals surface area contributed by atoms with Crippen molar-refractivity contribution in [1.82, 2.24) is 9.97 Å². The maximum absolute atomic E-state index is 13.8. The molecular weight excluding hydrogens is 910 g/mol. The minimum atomic E-state index is -4.34. The summed E-state index contributed by atoms with van der Waals surface area (Å²) in [7, 11) is 0. The van der Waals surface area contributed by atoms with Gasteiger partial charge in [-0.25, -0.2) is 0 Å². The van der Waals surface area contributed by atoms with Crippen LogP contribution >= 0.6 is 0 Å². The van der Waals surface area contributed by atoms with Crippen molar-refractivity contribution in [3.05, 3.63) is 108 Å². The molecule has 0 saturated carbocycles. The fraction of sp³-hybridized carbons (Fsp3) is 0.380. The molecule has 5 aromatic carbocycles. The quantitative estimate of drug-likeness (QED) is 0.0488. The Morgan fingerprint density at radius 1 is 0.741 bits per heavy atom. The second-order valence-electron chi connectivity index (χ2n) is 17.1. The van der Waals surface area contributed by atoms with Crippen LogP contribution in [-0.2, 0) is 36.7 Å². The molecule has 307 valence electrons. The summed E-state index contributed by atoms with van der Waals surface area (Å²) in [5, 5.41) is 18.9. The topological polar surface area (TPSA) is 63.1 Å². The van der Waals surface area contributed by atoms with Gasteiger partial charge in [0.1, 0.15) is 0 Å². The molecule has 2 heterocycles. The second-order valence-corrected chi connectivity index (χ2v) is 17.1. The van der Waals surface area contributed by atoms with Gasteiger partial charge >= 0.3 is 6.18 Å². The molecule has 1 N–H and O–H groups in total. The number of aromatic nitrogens is 2. The number of ketones is 1. The molecule has 7 aromatic rings. The van der Waals surface area contributed by atoms with E-state index in [0.29, 0.717) is 11.2 Å². The summed E-state index contributed by atoms with van der Waals surface area (Å²) in [6.45, 7) is 17.2. The smallest absolute Gasteiger partial charge is 0.394 e. The summed E-state index contributed by atoms with van der Waals surface area (Å²) in [4.78, 5) is 21.5. The number of halogens is 3. The van der Waals surface area contributed by atoms with Gasteiger partial charge < -0.3 is 5.11 Å². The van der Waals surface area contributed by atoms with Crippen LogP contribution in [0.4, 0.5) is 13.2 Å². The second kappa shape index (κ2) is 17.5. The van der Waals surface area contributed by atoms with Gasteiger partial charge in [-0.05, 0) is 70.2 Å². The fourth-order valence-electron chi connectivity index (χ4n) is 8.13. The molecule has 0 amide bonds. The number of alkyl halides is 3. The van der Waals surface area contributed by atoms with Crippen molar-refractivity contribution in [2.45, 2.75) is 106 Å². The molecule has 0 saturated heterocycles. The number of hydrogen-bond acceptors (Lipinski definition) is 4. The van der Waals surface area contributed by atoms with Gasteiger partial charge in [0.15, 0.2) is 5.78 Å². The molecule has 0 aliphatic rings. The van der Waals surface area contributed by atoms with E-state index in [1.165, 1.54) is 30.9 Å². The van der Waals surface area contributed by atoms with Crippen LogP contribution in [0.15, 0.2) is 90.8 Å². The van der Waals surface area contributed by atoms with Crippen LogP contribution in [0.1, 0.15) is 99.3 Å². The van der Waals surface area contributed by atoms with Crippen molar-refractivity contribution in [2.24, 2.45) is 17.3 Å². The Balaban J connectivity index is 0.000000344. The van der Waals surface area contributed by atoms with Gasteiger partial charge in [-0.15, -0.1) is 29.1 Å². The number of benzene rings is 5. The van der Waals surface area contributed by atoms with Crippen molar-refractivity contribution < 1.29 is 43.2 Å². The van der Waals surface area contributed by atoms with Crippen LogP contribution in [-0.4, -0.2) is 27.0 Å². The molecule has 2 aromatic heterocycles. The van der Waals surface area contributed by atoms with Crippen molar-refractivity contribution in [2.75, 3.05) is 0 Å². The van der Waals surface area contributed by atoms with E-state index in [0.717, 1.165) is 80.0 Å². The predicted octanol–water partition coefficient (Wildman–Crippen LogP) is 14.4. The Kier molecular flexibility index (Phi) is 13.5.